The van der Waals surface area contributed by atoms with E-state index in [4.69, 9.17) is 0 Å². The summed E-state index contributed by atoms with van der Waals surface area (Å²) in [5.74, 6) is 1.85. The van der Waals surface area contributed by atoms with Gasteiger partial charge in [0.05, 0.1) is 18.7 Å². The number of rotatable bonds is 3. The Morgan fingerprint density at radius 1 is 0.957 bits per heavy atom. The van der Waals surface area contributed by atoms with Crippen LogP contribution in [0.3, 0.4) is 0 Å². The first kappa shape index (κ1) is 15.8. The zero-order valence-electron chi connectivity index (χ0n) is 15.1. The number of fused-ring (bicyclic) bond motifs is 1. The quantitative estimate of drug-likeness (QED) is 0.592. The van der Waals surface area contributed by atoms with Gasteiger partial charge in [0.25, 0.3) is 5.82 Å². The number of hydrogen-bond donors (Lipinski definition) is 0. The van der Waals surface area contributed by atoms with Crippen LogP contribution in [-0.4, -0.2) is 4.57 Å². The van der Waals surface area contributed by atoms with Crippen molar-refractivity contribution in [1.82, 2.24) is 4.57 Å². The predicted molar refractivity (Wildman–Crippen MR) is 97.8 cm³/mol. The molecule has 1 heterocycles. The third-order valence-electron chi connectivity index (χ3n) is 4.72. The van der Waals surface area contributed by atoms with Gasteiger partial charge in [-0.3, -0.25) is 0 Å². The fraction of sp³-hybridized carbons (Fsp3) is 0.381. The molecule has 3 rings (SSSR count). The molecule has 0 radical (unpaired) electrons. The van der Waals surface area contributed by atoms with Gasteiger partial charge in [-0.25, -0.2) is 9.13 Å². The fourth-order valence-electron chi connectivity index (χ4n) is 3.47. The van der Waals surface area contributed by atoms with Gasteiger partial charge in [-0.05, 0) is 56.0 Å². The van der Waals surface area contributed by atoms with Crippen molar-refractivity contribution >= 4 is 11.0 Å². The molecule has 23 heavy (non-hydrogen) atoms. The number of para-hydroxylation sites is 2. The summed E-state index contributed by atoms with van der Waals surface area (Å²) < 4.78 is 4.78. The Bertz CT molecular complexity index is 854. The van der Waals surface area contributed by atoms with E-state index in [0.29, 0.717) is 12.0 Å². The number of aryl methyl sites for hydroxylation is 2. The molecule has 0 N–H and O–H groups in total. The smallest absolute Gasteiger partial charge is 0.226 e. The van der Waals surface area contributed by atoms with Crippen LogP contribution in [0.15, 0.2) is 42.5 Å². The van der Waals surface area contributed by atoms with Crippen LogP contribution in [0.1, 0.15) is 50.8 Å². The van der Waals surface area contributed by atoms with E-state index in [1.807, 2.05) is 0 Å². The van der Waals surface area contributed by atoms with Crippen LogP contribution < -0.4 is 4.57 Å². The lowest BCUT2D eigenvalue weighted by Gasteiger charge is -2.12. The largest absolute Gasteiger partial charge is 0.290 e. The second kappa shape index (κ2) is 5.84. The number of nitrogens with zero attached hydrogens (tertiary/aromatic N) is 2. The number of benzene rings is 2. The van der Waals surface area contributed by atoms with Crippen molar-refractivity contribution in [3.05, 3.63) is 53.6 Å². The zero-order valence-corrected chi connectivity index (χ0v) is 15.1. The van der Waals surface area contributed by atoms with Gasteiger partial charge in [0.15, 0.2) is 11.0 Å². The molecule has 0 aliphatic rings. The molecule has 0 aliphatic carbocycles. The second-order valence-corrected chi connectivity index (χ2v) is 7.06. The van der Waals surface area contributed by atoms with Crippen LogP contribution >= 0.6 is 0 Å². The van der Waals surface area contributed by atoms with Gasteiger partial charge in [0, 0.05) is 0 Å². The summed E-state index contributed by atoms with van der Waals surface area (Å²) in [5, 5.41) is 0. The molecule has 2 nitrogen and oxygen atoms in total. The predicted octanol–water partition coefficient (Wildman–Crippen LogP) is 5.15. The van der Waals surface area contributed by atoms with E-state index >= 15 is 0 Å². The molecule has 120 valence electrons. The highest BCUT2D eigenvalue weighted by molar-refractivity contribution is 5.77. The maximum Gasteiger partial charge on any atom is 0.290 e. The Morgan fingerprint density at radius 3 is 2.26 bits per heavy atom. The van der Waals surface area contributed by atoms with Gasteiger partial charge >= 0.3 is 0 Å². The number of imidazole rings is 1. The molecule has 3 aromatic rings. The molecule has 2 heteroatoms. The summed E-state index contributed by atoms with van der Waals surface area (Å²) in [4.78, 5) is 0. The van der Waals surface area contributed by atoms with Crippen molar-refractivity contribution in [1.29, 1.82) is 0 Å². The van der Waals surface area contributed by atoms with Gasteiger partial charge in [0.1, 0.15) is 0 Å². The molecule has 0 aliphatic heterocycles. The van der Waals surface area contributed by atoms with Crippen molar-refractivity contribution in [2.45, 2.75) is 46.6 Å². The summed E-state index contributed by atoms with van der Waals surface area (Å²) in [5.41, 5.74) is 6.65. The lowest BCUT2D eigenvalue weighted by atomic mass is 9.97. The molecule has 2 aromatic carbocycles. The van der Waals surface area contributed by atoms with Gasteiger partial charge in [-0.1, -0.05) is 38.1 Å². The standard InChI is InChI=1S/C21H27N2/c1-14(2)17-11-12-18(16(5)13-17)21-22(6)19-9-7-8-10-20(19)23(21)15(3)4/h7-15H,1-6H3/q+1. The molecule has 0 amide bonds. The third-order valence-corrected chi connectivity index (χ3v) is 4.72. The van der Waals surface area contributed by atoms with Crippen LogP contribution in [0.2, 0.25) is 0 Å². The molecule has 1 aromatic heterocycles. The molecule has 0 atom stereocenters. The van der Waals surface area contributed by atoms with Crippen molar-refractivity contribution < 1.29 is 4.57 Å². The molecule has 0 saturated heterocycles. The molecule has 0 saturated carbocycles. The van der Waals surface area contributed by atoms with Gasteiger partial charge in [-0.15, -0.1) is 0 Å². The first-order chi connectivity index (χ1) is 10.9. The van der Waals surface area contributed by atoms with E-state index in [-0.39, 0.29) is 0 Å². The van der Waals surface area contributed by atoms with Crippen LogP contribution in [0.25, 0.3) is 22.4 Å². The first-order valence-electron chi connectivity index (χ1n) is 8.51. The topological polar surface area (TPSA) is 8.81 Å². The summed E-state index contributed by atoms with van der Waals surface area (Å²) in [6.07, 6.45) is 0. The molecule has 0 spiro atoms. The molecular formula is C21H27N2+. The van der Waals surface area contributed by atoms with Crippen LogP contribution in [0, 0.1) is 6.92 Å². The summed E-state index contributed by atoms with van der Waals surface area (Å²) >= 11 is 0. The van der Waals surface area contributed by atoms with Gasteiger partial charge < -0.3 is 0 Å². The minimum absolute atomic E-state index is 0.417. The first-order valence-corrected chi connectivity index (χ1v) is 8.51. The molecule has 0 unspecified atom stereocenters. The van der Waals surface area contributed by atoms with Crippen molar-refractivity contribution in [2.24, 2.45) is 7.05 Å². The lowest BCUT2D eigenvalue weighted by Crippen LogP contribution is -2.30. The van der Waals surface area contributed by atoms with Crippen LogP contribution in [0.4, 0.5) is 0 Å². The minimum Gasteiger partial charge on any atom is -0.226 e. The highest BCUT2D eigenvalue weighted by Gasteiger charge is 2.26. The molecule has 0 fully saturated rings. The van der Waals surface area contributed by atoms with Gasteiger partial charge in [-0.2, -0.15) is 0 Å². The maximum absolute atomic E-state index is 2.45. The minimum atomic E-state index is 0.417. The SMILES string of the molecule is Cc1cc(C(C)C)ccc1-c1n(C(C)C)c2ccccc2[n+]1C. The fourth-order valence-corrected chi connectivity index (χ4v) is 3.47. The van der Waals surface area contributed by atoms with E-state index in [9.17, 15) is 0 Å². The van der Waals surface area contributed by atoms with Crippen LogP contribution in [0.5, 0.6) is 0 Å². The van der Waals surface area contributed by atoms with E-state index < -0.39 is 0 Å². The monoisotopic (exact) mass is 307 g/mol. The third kappa shape index (κ3) is 2.56. The lowest BCUT2D eigenvalue weighted by molar-refractivity contribution is -0.634. The Kier molecular flexibility index (Phi) is 4.01. The summed E-state index contributed by atoms with van der Waals surface area (Å²) in [6.45, 7) is 11.2. The average Bonchev–Trinajstić information content (AvgIpc) is 2.80. The Balaban J connectivity index is 2.32. The Morgan fingerprint density at radius 2 is 1.65 bits per heavy atom. The normalized spacial score (nSPS) is 11.8. The summed E-state index contributed by atoms with van der Waals surface area (Å²) in [7, 11) is 2.17. The van der Waals surface area contributed by atoms with Crippen LogP contribution in [-0.2, 0) is 7.05 Å². The van der Waals surface area contributed by atoms with Crippen molar-refractivity contribution in [3.63, 3.8) is 0 Å². The number of aromatic nitrogens is 2. The average molecular weight is 307 g/mol. The molecular weight excluding hydrogens is 280 g/mol. The summed E-state index contributed by atoms with van der Waals surface area (Å²) in [6, 6.07) is 16.0. The second-order valence-electron chi connectivity index (χ2n) is 7.06. The van der Waals surface area contributed by atoms with Gasteiger partial charge in [0.2, 0.25) is 0 Å². The number of hydrogen-bond acceptors (Lipinski definition) is 0. The van der Waals surface area contributed by atoms with E-state index in [2.05, 4.69) is 93.3 Å². The van der Waals surface area contributed by atoms with E-state index in [1.165, 1.54) is 33.5 Å². The maximum atomic E-state index is 2.45. The highest BCUT2D eigenvalue weighted by Crippen LogP contribution is 2.30. The van der Waals surface area contributed by atoms with Crippen molar-refractivity contribution in [2.75, 3.05) is 0 Å². The highest BCUT2D eigenvalue weighted by atomic mass is 15.2. The van der Waals surface area contributed by atoms with E-state index in [0.717, 1.165) is 0 Å². The molecule has 0 bridgehead atoms. The zero-order chi connectivity index (χ0) is 16.7. The van der Waals surface area contributed by atoms with E-state index in [1.54, 1.807) is 0 Å². The van der Waals surface area contributed by atoms with Crippen molar-refractivity contribution in [3.8, 4) is 11.4 Å². The Labute approximate surface area is 139 Å². The Hall–Kier alpha value is -2.09.